The van der Waals surface area contributed by atoms with Gasteiger partial charge in [0.25, 0.3) is 5.91 Å². The van der Waals surface area contributed by atoms with Crippen molar-refractivity contribution in [1.82, 2.24) is 0 Å². The SMILES string of the molecule is COc1ccc(C(=O)Nc2c(C)cc(Br)cc2C)cc1O. The van der Waals surface area contributed by atoms with Crippen molar-refractivity contribution in [2.24, 2.45) is 0 Å². The van der Waals surface area contributed by atoms with Crippen LogP contribution in [-0.2, 0) is 0 Å². The summed E-state index contributed by atoms with van der Waals surface area (Å²) in [6.07, 6.45) is 0. The number of halogens is 1. The van der Waals surface area contributed by atoms with E-state index in [2.05, 4.69) is 21.2 Å². The van der Waals surface area contributed by atoms with Crippen molar-refractivity contribution in [3.63, 3.8) is 0 Å². The Bertz CT molecular complexity index is 675. The lowest BCUT2D eigenvalue weighted by molar-refractivity contribution is 0.102. The number of amides is 1. The van der Waals surface area contributed by atoms with E-state index in [0.29, 0.717) is 11.3 Å². The molecule has 0 spiro atoms. The van der Waals surface area contributed by atoms with Crippen LogP contribution >= 0.6 is 15.9 Å². The van der Waals surface area contributed by atoms with Crippen molar-refractivity contribution in [3.05, 3.63) is 51.5 Å². The van der Waals surface area contributed by atoms with E-state index in [1.54, 1.807) is 12.1 Å². The number of aryl methyl sites for hydroxylation is 2. The second-order valence-corrected chi connectivity index (χ2v) is 5.67. The molecule has 2 N–H and O–H groups in total. The predicted molar refractivity (Wildman–Crippen MR) is 86.2 cm³/mol. The van der Waals surface area contributed by atoms with E-state index in [1.807, 2.05) is 26.0 Å². The number of phenols is 1. The van der Waals surface area contributed by atoms with E-state index in [0.717, 1.165) is 21.3 Å². The van der Waals surface area contributed by atoms with Crippen LogP contribution in [0.4, 0.5) is 5.69 Å². The largest absolute Gasteiger partial charge is 0.504 e. The highest BCUT2D eigenvalue weighted by molar-refractivity contribution is 9.10. The minimum Gasteiger partial charge on any atom is -0.504 e. The lowest BCUT2D eigenvalue weighted by atomic mass is 10.1. The Labute approximate surface area is 131 Å². The monoisotopic (exact) mass is 349 g/mol. The maximum absolute atomic E-state index is 12.3. The van der Waals surface area contributed by atoms with Gasteiger partial charge in [0.15, 0.2) is 11.5 Å². The van der Waals surface area contributed by atoms with Gasteiger partial charge in [-0.2, -0.15) is 0 Å². The Morgan fingerprint density at radius 3 is 2.33 bits per heavy atom. The van der Waals surface area contributed by atoms with Gasteiger partial charge in [0.05, 0.1) is 7.11 Å². The number of nitrogens with one attached hydrogen (secondary N) is 1. The third kappa shape index (κ3) is 3.36. The van der Waals surface area contributed by atoms with Crippen LogP contribution in [0.15, 0.2) is 34.8 Å². The lowest BCUT2D eigenvalue weighted by Gasteiger charge is -2.13. The number of anilines is 1. The first-order valence-corrected chi connectivity index (χ1v) is 7.16. The third-order valence-corrected chi connectivity index (χ3v) is 3.63. The van der Waals surface area contributed by atoms with Crippen LogP contribution in [0.5, 0.6) is 11.5 Å². The summed E-state index contributed by atoms with van der Waals surface area (Å²) in [6.45, 7) is 3.86. The molecule has 0 radical (unpaired) electrons. The molecule has 0 saturated heterocycles. The molecule has 4 nitrogen and oxygen atoms in total. The summed E-state index contributed by atoms with van der Waals surface area (Å²) in [4.78, 5) is 12.3. The van der Waals surface area contributed by atoms with Crippen LogP contribution in [0.1, 0.15) is 21.5 Å². The molecule has 0 aliphatic heterocycles. The Morgan fingerprint density at radius 1 is 1.19 bits per heavy atom. The number of rotatable bonds is 3. The van der Waals surface area contributed by atoms with E-state index in [9.17, 15) is 9.90 Å². The average molecular weight is 350 g/mol. The fourth-order valence-electron chi connectivity index (χ4n) is 2.12. The van der Waals surface area contributed by atoms with Crippen LogP contribution in [0.2, 0.25) is 0 Å². The maximum atomic E-state index is 12.3. The fourth-order valence-corrected chi connectivity index (χ4v) is 2.81. The summed E-state index contributed by atoms with van der Waals surface area (Å²) in [5.74, 6) is -0.00146. The van der Waals surface area contributed by atoms with Gasteiger partial charge in [0.2, 0.25) is 0 Å². The normalized spacial score (nSPS) is 10.3. The minimum atomic E-state index is -0.276. The van der Waals surface area contributed by atoms with Gasteiger partial charge in [-0.3, -0.25) is 4.79 Å². The van der Waals surface area contributed by atoms with Gasteiger partial charge in [0, 0.05) is 15.7 Å². The zero-order valence-corrected chi connectivity index (χ0v) is 13.6. The van der Waals surface area contributed by atoms with Crippen molar-refractivity contribution >= 4 is 27.5 Å². The molecule has 110 valence electrons. The second-order valence-electron chi connectivity index (χ2n) is 4.76. The first kappa shape index (κ1) is 15.4. The van der Waals surface area contributed by atoms with Crippen molar-refractivity contribution < 1.29 is 14.6 Å². The summed E-state index contributed by atoms with van der Waals surface area (Å²) in [5.41, 5.74) is 3.08. The molecule has 2 aromatic rings. The van der Waals surface area contributed by atoms with Crippen molar-refractivity contribution in [2.75, 3.05) is 12.4 Å². The van der Waals surface area contributed by atoms with Crippen LogP contribution < -0.4 is 10.1 Å². The van der Waals surface area contributed by atoms with Crippen LogP contribution in [0, 0.1) is 13.8 Å². The third-order valence-electron chi connectivity index (χ3n) is 3.18. The van der Waals surface area contributed by atoms with Crippen molar-refractivity contribution in [1.29, 1.82) is 0 Å². The predicted octanol–water partition coefficient (Wildman–Crippen LogP) is 4.03. The molecule has 0 fully saturated rings. The molecule has 2 rings (SSSR count). The van der Waals surface area contributed by atoms with Crippen molar-refractivity contribution in [2.45, 2.75) is 13.8 Å². The molecule has 5 heteroatoms. The standard InChI is InChI=1S/C16H16BrNO3/c1-9-6-12(17)7-10(2)15(9)18-16(20)11-4-5-14(21-3)13(19)8-11/h4-8,19H,1-3H3,(H,18,20). The molecule has 0 aromatic heterocycles. The Morgan fingerprint density at radius 2 is 1.81 bits per heavy atom. The highest BCUT2D eigenvalue weighted by Crippen LogP contribution is 2.28. The van der Waals surface area contributed by atoms with Gasteiger partial charge in [0.1, 0.15) is 0 Å². The van der Waals surface area contributed by atoms with Gasteiger partial charge >= 0.3 is 0 Å². The van der Waals surface area contributed by atoms with Gasteiger partial charge in [-0.15, -0.1) is 0 Å². The number of carbonyl (C=O) groups excluding carboxylic acids is 1. The van der Waals surface area contributed by atoms with E-state index >= 15 is 0 Å². The lowest BCUT2D eigenvalue weighted by Crippen LogP contribution is -2.13. The molecule has 0 aliphatic rings. The number of phenolic OH excluding ortho intramolecular Hbond substituents is 1. The molecule has 0 saturated carbocycles. The average Bonchev–Trinajstić information content (AvgIpc) is 2.42. The van der Waals surface area contributed by atoms with E-state index < -0.39 is 0 Å². The van der Waals surface area contributed by atoms with Gasteiger partial charge in [-0.05, 0) is 55.3 Å². The van der Waals surface area contributed by atoms with E-state index in [-0.39, 0.29) is 11.7 Å². The summed E-state index contributed by atoms with van der Waals surface area (Å²) < 4.78 is 5.93. The molecule has 1 amide bonds. The minimum absolute atomic E-state index is 0.0607. The van der Waals surface area contributed by atoms with Gasteiger partial charge < -0.3 is 15.2 Å². The second kappa shape index (κ2) is 6.18. The van der Waals surface area contributed by atoms with Crippen molar-refractivity contribution in [3.8, 4) is 11.5 Å². The number of hydrogen-bond donors (Lipinski definition) is 2. The first-order chi connectivity index (χ1) is 9.92. The van der Waals surface area contributed by atoms with Gasteiger partial charge in [-0.1, -0.05) is 15.9 Å². The highest BCUT2D eigenvalue weighted by atomic mass is 79.9. The van der Waals surface area contributed by atoms with E-state index in [1.165, 1.54) is 13.2 Å². The number of aromatic hydroxyl groups is 1. The number of methoxy groups -OCH3 is 1. The molecule has 0 heterocycles. The number of ether oxygens (including phenoxy) is 1. The van der Waals surface area contributed by atoms with Crippen LogP contribution in [-0.4, -0.2) is 18.1 Å². The maximum Gasteiger partial charge on any atom is 0.255 e. The first-order valence-electron chi connectivity index (χ1n) is 6.37. The Kier molecular flexibility index (Phi) is 4.53. The number of carbonyl (C=O) groups is 1. The van der Waals surface area contributed by atoms with Crippen LogP contribution in [0.25, 0.3) is 0 Å². The molecule has 0 bridgehead atoms. The molecule has 0 atom stereocenters. The quantitative estimate of drug-likeness (QED) is 0.879. The summed E-state index contributed by atoms with van der Waals surface area (Å²) in [7, 11) is 1.46. The summed E-state index contributed by atoms with van der Waals surface area (Å²) >= 11 is 3.42. The zero-order chi connectivity index (χ0) is 15.6. The summed E-state index contributed by atoms with van der Waals surface area (Å²) in [6, 6.07) is 8.43. The fraction of sp³-hybridized carbons (Fsp3) is 0.188. The molecule has 0 aliphatic carbocycles. The molecule has 0 unspecified atom stereocenters. The smallest absolute Gasteiger partial charge is 0.255 e. The zero-order valence-electron chi connectivity index (χ0n) is 12.0. The summed E-state index contributed by atoms with van der Waals surface area (Å²) in [5, 5.41) is 12.6. The van der Waals surface area contributed by atoms with E-state index in [4.69, 9.17) is 4.74 Å². The topological polar surface area (TPSA) is 58.6 Å². The molecular formula is C16H16BrNO3. The Balaban J connectivity index is 2.28. The van der Waals surface area contributed by atoms with Crippen LogP contribution in [0.3, 0.4) is 0 Å². The highest BCUT2D eigenvalue weighted by Gasteiger charge is 2.12. The number of hydrogen-bond acceptors (Lipinski definition) is 3. The van der Waals surface area contributed by atoms with Gasteiger partial charge in [-0.25, -0.2) is 0 Å². The molecule has 2 aromatic carbocycles. The molecule has 21 heavy (non-hydrogen) atoms. The Hall–Kier alpha value is -2.01. The molecular weight excluding hydrogens is 334 g/mol. The number of benzene rings is 2.